The fourth-order valence-corrected chi connectivity index (χ4v) is 2.68. The van der Waals surface area contributed by atoms with Gasteiger partial charge in [0, 0.05) is 24.1 Å². The van der Waals surface area contributed by atoms with Crippen LogP contribution >= 0.6 is 0 Å². The molecule has 0 aliphatic carbocycles. The Kier molecular flexibility index (Phi) is 7.77. The average Bonchev–Trinajstić information content (AvgIpc) is 2.82. The Morgan fingerprint density at radius 2 is 1.29 bits per heavy atom. The highest BCUT2D eigenvalue weighted by Gasteiger charge is 2.09. The van der Waals surface area contributed by atoms with Crippen LogP contribution in [-0.2, 0) is 11.4 Å². The van der Waals surface area contributed by atoms with Crippen LogP contribution in [0.25, 0.3) is 0 Å². The zero-order valence-electron chi connectivity index (χ0n) is 16.8. The van der Waals surface area contributed by atoms with Crippen molar-refractivity contribution in [2.24, 2.45) is 0 Å². The third kappa shape index (κ3) is 7.01. The Bertz CT molecular complexity index is 1010. The molecule has 0 aromatic heterocycles. The number of benzene rings is 3. The maximum Gasteiger partial charge on any atom is 0.269 e. The summed E-state index contributed by atoms with van der Waals surface area (Å²) < 4.78 is 5.67. The molecule has 0 spiro atoms. The van der Waals surface area contributed by atoms with Gasteiger partial charge in [0.2, 0.25) is 5.91 Å². The van der Waals surface area contributed by atoms with Crippen LogP contribution in [0.2, 0.25) is 0 Å². The molecule has 0 heterocycles. The second kappa shape index (κ2) is 11.2. The number of rotatable bonds is 8. The number of carbonyl (C=O) groups excluding carboxylic acids is 3. The van der Waals surface area contributed by atoms with Crippen molar-refractivity contribution in [2.75, 3.05) is 6.54 Å². The summed E-state index contributed by atoms with van der Waals surface area (Å²) in [6, 6.07) is 25.1. The van der Waals surface area contributed by atoms with E-state index in [4.69, 9.17) is 4.74 Å². The van der Waals surface area contributed by atoms with Crippen molar-refractivity contribution in [2.45, 2.75) is 13.0 Å². The third-order valence-electron chi connectivity index (χ3n) is 4.35. The first-order valence-corrected chi connectivity index (χ1v) is 9.81. The predicted octanol–water partition coefficient (Wildman–Crippen LogP) is 2.85. The molecule has 31 heavy (non-hydrogen) atoms. The summed E-state index contributed by atoms with van der Waals surface area (Å²) in [6.07, 6.45) is 0.0363. The van der Waals surface area contributed by atoms with E-state index in [0.717, 1.165) is 11.3 Å². The third-order valence-corrected chi connectivity index (χ3v) is 4.35. The van der Waals surface area contributed by atoms with Gasteiger partial charge in [-0.15, -0.1) is 0 Å². The van der Waals surface area contributed by atoms with Crippen molar-refractivity contribution in [1.29, 1.82) is 0 Å². The molecule has 0 saturated carbocycles. The van der Waals surface area contributed by atoms with Crippen LogP contribution in [0.5, 0.6) is 5.75 Å². The molecule has 3 N–H and O–H groups in total. The van der Waals surface area contributed by atoms with Crippen LogP contribution in [0, 0.1) is 0 Å². The van der Waals surface area contributed by atoms with E-state index in [-0.39, 0.29) is 18.9 Å². The smallest absolute Gasteiger partial charge is 0.269 e. The topological polar surface area (TPSA) is 96.5 Å². The Balaban J connectivity index is 1.36. The summed E-state index contributed by atoms with van der Waals surface area (Å²) in [5.41, 5.74) is 6.55. The van der Waals surface area contributed by atoms with E-state index >= 15 is 0 Å². The van der Waals surface area contributed by atoms with Crippen molar-refractivity contribution in [3.8, 4) is 5.75 Å². The number of ether oxygens (including phenoxy) is 1. The second-order valence-electron chi connectivity index (χ2n) is 6.67. The van der Waals surface area contributed by atoms with E-state index in [9.17, 15) is 14.4 Å². The molecule has 3 aromatic carbocycles. The van der Waals surface area contributed by atoms with Crippen LogP contribution in [-0.4, -0.2) is 24.3 Å². The predicted molar refractivity (Wildman–Crippen MR) is 116 cm³/mol. The van der Waals surface area contributed by atoms with Crippen LogP contribution in [0.3, 0.4) is 0 Å². The molecule has 0 aliphatic heterocycles. The number of carbonyl (C=O) groups is 3. The van der Waals surface area contributed by atoms with Crippen molar-refractivity contribution < 1.29 is 19.1 Å². The molecule has 0 atom stereocenters. The SMILES string of the molecule is O=C(CCNC(=O)c1ccccc1)NNC(=O)c1ccc(COc2ccccc2)cc1. The number of hydrogen-bond donors (Lipinski definition) is 3. The van der Waals surface area contributed by atoms with Crippen molar-refractivity contribution in [3.05, 3.63) is 102 Å². The molecule has 3 amide bonds. The molecule has 0 unspecified atom stereocenters. The van der Waals surface area contributed by atoms with Gasteiger partial charge in [-0.05, 0) is 42.0 Å². The molecule has 0 saturated heterocycles. The summed E-state index contributed by atoms with van der Waals surface area (Å²) in [7, 11) is 0. The Morgan fingerprint density at radius 1 is 0.677 bits per heavy atom. The van der Waals surface area contributed by atoms with Gasteiger partial charge in [-0.2, -0.15) is 0 Å². The normalized spacial score (nSPS) is 10.1. The van der Waals surface area contributed by atoms with Gasteiger partial charge < -0.3 is 10.1 Å². The van der Waals surface area contributed by atoms with E-state index in [1.54, 1.807) is 48.5 Å². The molecule has 0 fully saturated rings. The molecule has 0 radical (unpaired) electrons. The Labute approximate surface area is 180 Å². The number of nitrogens with one attached hydrogen (secondary N) is 3. The zero-order valence-corrected chi connectivity index (χ0v) is 16.8. The van der Waals surface area contributed by atoms with Gasteiger partial charge in [0.1, 0.15) is 12.4 Å². The summed E-state index contributed by atoms with van der Waals surface area (Å²) in [5.74, 6) is -0.326. The minimum atomic E-state index is -0.433. The fraction of sp³-hybridized carbons (Fsp3) is 0.125. The number of amides is 3. The minimum Gasteiger partial charge on any atom is -0.489 e. The zero-order chi connectivity index (χ0) is 21.9. The largest absolute Gasteiger partial charge is 0.489 e. The Hall–Kier alpha value is -4.13. The van der Waals surface area contributed by atoms with Gasteiger partial charge in [0.15, 0.2) is 0 Å². The van der Waals surface area contributed by atoms with Crippen molar-refractivity contribution in [3.63, 3.8) is 0 Å². The molecule has 7 heteroatoms. The van der Waals surface area contributed by atoms with Crippen LogP contribution < -0.4 is 20.9 Å². The summed E-state index contributed by atoms with van der Waals surface area (Å²) >= 11 is 0. The van der Waals surface area contributed by atoms with Gasteiger partial charge in [0.25, 0.3) is 11.8 Å². The minimum absolute atomic E-state index is 0.0363. The van der Waals surface area contributed by atoms with Crippen LogP contribution in [0.15, 0.2) is 84.9 Å². The summed E-state index contributed by atoms with van der Waals surface area (Å²) in [6.45, 7) is 0.545. The second-order valence-corrected chi connectivity index (χ2v) is 6.67. The average molecular weight is 417 g/mol. The molecule has 3 aromatic rings. The lowest BCUT2D eigenvalue weighted by molar-refractivity contribution is -0.121. The van der Waals surface area contributed by atoms with Crippen LogP contribution in [0.1, 0.15) is 32.7 Å². The molecular weight excluding hydrogens is 394 g/mol. The van der Waals surface area contributed by atoms with Gasteiger partial charge in [-0.3, -0.25) is 25.2 Å². The standard InChI is InChI=1S/C24H23N3O4/c28-22(15-16-25-23(29)19-7-3-1-4-8-19)26-27-24(30)20-13-11-18(12-14-20)17-31-21-9-5-2-6-10-21/h1-14H,15-17H2,(H,25,29)(H,26,28)(H,27,30). The lowest BCUT2D eigenvalue weighted by Gasteiger charge is -2.09. The maximum atomic E-state index is 12.2. The Morgan fingerprint density at radius 3 is 1.97 bits per heavy atom. The van der Waals surface area contributed by atoms with Crippen molar-refractivity contribution >= 4 is 17.7 Å². The van der Waals surface area contributed by atoms with E-state index in [1.807, 2.05) is 36.4 Å². The van der Waals surface area contributed by atoms with Gasteiger partial charge >= 0.3 is 0 Å². The number of para-hydroxylation sites is 1. The number of hydrazine groups is 1. The van der Waals surface area contributed by atoms with E-state index in [2.05, 4.69) is 16.2 Å². The lowest BCUT2D eigenvalue weighted by Crippen LogP contribution is -2.42. The van der Waals surface area contributed by atoms with Gasteiger partial charge in [0.05, 0.1) is 0 Å². The first kappa shape index (κ1) is 21.6. The number of hydrogen-bond acceptors (Lipinski definition) is 4. The summed E-state index contributed by atoms with van der Waals surface area (Å²) in [4.78, 5) is 36.0. The fourth-order valence-electron chi connectivity index (χ4n) is 2.68. The molecule has 3 rings (SSSR count). The lowest BCUT2D eigenvalue weighted by atomic mass is 10.1. The molecular formula is C24H23N3O4. The van der Waals surface area contributed by atoms with Gasteiger partial charge in [-0.1, -0.05) is 48.5 Å². The van der Waals surface area contributed by atoms with Crippen LogP contribution in [0.4, 0.5) is 0 Å². The maximum absolute atomic E-state index is 12.2. The first-order valence-electron chi connectivity index (χ1n) is 9.81. The molecule has 0 bridgehead atoms. The molecule has 158 valence electrons. The highest BCUT2D eigenvalue weighted by atomic mass is 16.5. The molecule has 7 nitrogen and oxygen atoms in total. The van der Waals surface area contributed by atoms with Crippen molar-refractivity contribution in [1.82, 2.24) is 16.2 Å². The highest BCUT2D eigenvalue weighted by molar-refractivity contribution is 5.96. The summed E-state index contributed by atoms with van der Waals surface area (Å²) in [5, 5.41) is 2.65. The highest BCUT2D eigenvalue weighted by Crippen LogP contribution is 2.12. The van der Waals surface area contributed by atoms with Gasteiger partial charge in [-0.25, -0.2) is 0 Å². The van der Waals surface area contributed by atoms with E-state index in [0.29, 0.717) is 17.7 Å². The van der Waals surface area contributed by atoms with E-state index < -0.39 is 11.8 Å². The first-order chi connectivity index (χ1) is 15.1. The monoisotopic (exact) mass is 417 g/mol. The van der Waals surface area contributed by atoms with E-state index in [1.165, 1.54) is 0 Å². The molecule has 0 aliphatic rings. The quantitative estimate of drug-likeness (QED) is 0.491.